The minimum absolute atomic E-state index is 0.128. The molecule has 2 amide bonds. The van der Waals surface area contributed by atoms with E-state index in [1.165, 1.54) is 7.11 Å². The molecule has 0 atom stereocenters. The van der Waals surface area contributed by atoms with Crippen LogP contribution in [0.2, 0.25) is 5.02 Å². The Kier molecular flexibility index (Phi) is 5.98. The molecule has 0 bridgehead atoms. The Bertz CT molecular complexity index is 831. The van der Waals surface area contributed by atoms with Gasteiger partial charge >= 0.3 is 0 Å². The Morgan fingerprint density at radius 3 is 2.63 bits per heavy atom. The number of piperazine rings is 1. The lowest BCUT2D eigenvalue weighted by Gasteiger charge is -2.34. The normalized spacial score (nSPS) is 14.9. The molecule has 1 aromatic heterocycles. The number of aromatic nitrogens is 1. The van der Waals surface area contributed by atoms with E-state index in [1.807, 2.05) is 4.90 Å². The van der Waals surface area contributed by atoms with E-state index in [0.717, 1.165) is 0 Å². The molecule has 2 aromatic rings. The first kappa shape index (κ1) is 19.2. The molecule has 1 aliphatic rings. The summed E-state index contributed by atoms with van der Waals surface area (Å²) >= 11 is 6.01. The van der Waals surface area contributed by atoms with E-state index in [9.17, 15) is 9.59 Å². The number of anilines is 1. The second-order valence-corrected chi connectivity index (χ2v) is 6.72. The number of aryl methyl sites for hydroxylation is 1. The maximum Gasteiger partial charge on any atom is 0.257 e. The molecule has 1 aliphatic heterocycles. The predicted molar refractivity (Wildman–Crippen MR) is 100 cm³/mol. The number of carbonyl (C=O) groups is 2. The molecule has 144 valence electrons. The van der Waals surface area contributed by atoms with Gasteiger partial charge < -0.3 is 19.5 Å². The van der Waals surface area contributed by atoms with Gasteiger partial charge in [0.15, 0.2) is 5.82 Å². The van der Waals surface area contributed by atoms with E-state index >= 15 is 0 Å². The second kappa shape index (κ2) is 8.41. The molecule has 2 heterocycles. The van der Waals surface area contributed by atoms with Crippen molar-refractivity contribution in [1.29, 1.82) is 0 Å². The molecule has 9 heteroatoms. The van der Waals surface area contributed by atoms with Crippen LogP contribution < -0.4 is 10.1 Å². The van der Waals surface area contributed by atoms with Crippen LogP contribution >= 0.6 is 11.6 Å². The largest absolute Gasteiger partial charge is 0.496 e. The van der Waals surface area contributed by atoms with Crippen LogP contribution in [-0.2, 0) is 4.79 Å². The van der Waals surface area contributed by atoms with E-state index in [0.29, 0.717) is 54.1 Å². The summed E-state index contributed by atoms with van der Waals surface area (Å²) in [6.07, 6.45) is 0. The number of carbonyl (C=O) groups excluding carboxylic acids is 2. The van der Waals surface area contributed by atoms with Crippen molar-refractivity contribution in [3.05, 3.63) is 40.6 Å². The molecule has 0 radical (unpaired) electrons. The van der Waals surface area contributed by atoms with Crippen molar-refractivity contribution < 1.29 is 18.8 Å². The minimum atomic E-state index is -0.167. The Hall–Kier alpha value is -2.58. The van der Waals surface area contributed by atoms with Crippen molar-refractivity contribution in [1.82, 2.24) is 15.0 Å². The lowest BCUT2D eigenvalue weighted by Crippen LogP contribution is -2.50. The van der Waals surface area contributed by atoms with Gasteiger partial charge in [0.05, 0.1) is 19.2 Å². The number of nitrogens with zero attached hydrogens (tertiary/aromatic N) is 3. The zero-order valence-corrected chi connectivity index (χ0v) is 16.0. The lowest BCUT2D eigenvalue weighted by atomic mass is 10.1. The fraction of sp³-hybridized carbons (Fsp3) is 0.389. The summed E-state index contributed by atoms with van der Waals surface area (Å²) in [7, 11) is 1.52. The van der Waals surface area contributed by atoms with Crippen LogP contribution in [0.1, 0.15) is 16.1 Å². The zero-order chi connectivity index (χ0) is 19.4. The molecule has 8 nitrogen and oxygen atoms in total. The first-order valence-corrected chi connectivity index (χ1v) is 8.92. The quantitative estimate of drug-likeness (QED) is 0.837. The van der Waals surface area contributed by atoms with Crippen molar-refractivity contribution >= 4 is 29.2 Å². The number of hydrogen-bond acceptors (Lipinski definition) is 6. The minimum Gasteiger partial charge on any atom is -0.496 e. The molecule has 0 aliphatic carbocycles. The van der Waals surface area contributed by atoms with Gasteiger partial charge in [-0.15, -0.1) is 0 Å². The number of ether oxygens (including phenoxy) is 1. The van der Waals surface area contributed by atoms with Crippen molar-refractivity contribution in [2.75, 3.05) is 45.2 Å². The Balaban J connectivity index is 1.53. The van der Waals surface area contributed by atoms with E-state index in [-0.39, 0.29) is 18.4 Å². The molecule has 0 unspecified atom stereocenters. The molecule has 0 saturated carbocycles. The smallest absolute Gasteiger partial charge is 0.257 e. The molecule has 0 spiro atoms. The summed E-state index contributed by atoms with van der Waals surface area (Å²) in [5.41, 5.74) is 0.442. The summed E-state index contributed by atoms with van der Waals surface area (Å²) < 4.78 is 10.2. The van der Waals surface area contributed by atoms with Crippen LogP contribution in [0.15, 0.2) is 28.8 Å². The highest BCUT2D eigenvalue weighted by atomic mass is 35.5. The molecule has 1 N–H and O–H groups in total. The third-order valence-corrected chi connectivity index (χ3v) is 4.55. The summed E-state index contributed by atoms with van der Waals surface area (Å²) in [5, 5.41) is 6.92. The summed E-state index contributed by atoms with van der Waals surface area (Å²) in [6.45, 7) is 4.22. The third kappa shape index (κ3) is 4.78. The maximum atomic E-state index is 12.8. The molecule has 3 rings (SSSR count). The monoisotopic (exact) mass is 392 g/mol. The van der Waals surface area contributed by atoms with Crippen LogP contribution in [0.5, 0.6) is 5.75 Å². The SMILES string of the molecule is COc1ccc(Cl)cc1C(=O)N1CCN(CC(=O)Nc2cc(C)on2)CC1. The van der Waals surface area contributed by atoms with Gasteiger partial charge in [0.1, 0.15) is 11.5 Å². The summed E-state index contributed by atoms with van der Waals surface area (Å²) in [5.74, 6) is 1.23. The highest BCUT2D eigenvalue weighted by Crippen LogP contribution is 2.24. The fourth-order valence-electron chi connectivity index (χ4n) is 2.94. The molecule has 27 heavy (non-hydrogen) atoms. The molecule has 1 fully saturated rings. The van der Waals surface area contributed by atoms with Crippen molar-refractivity contribution in [3.8, 4) is 5.75 Å². The van der Waals surface area contributed by atoms with E-state index in [2.05, 4.69) is 10.5 Å². The van der Waals surface area contributed by atoms with Gasteiger partial charge in [0.25, 0.3) is 5.91 Å². The molecule has 1 aromatic carbocycles. The van der Waals surface area contributed by atoms with Crippen LogP contribution in [0, 0.1) is 6.92 Å². The van der Waals surface area contributed by atoms with Crippen molar-refractivity contribution in [2.45, 2.75) is 6.92 Å². The van der Waals surface area contributed by atoms with Crippen LogP contribution in [0.25, 0.3) is 0 Å². The standard InChI is InChI=1S/C18H21ClN4O4/c1-12-9-16(21-27-12)20-17(24)11-22-5-7-23(8-6-22)18(25)14-10-13(19)3-4-15(14)26-2/h3-4,9-10H,5-8,11H2,1-2H3,(H,20,21,24). The Morgan fingerprint density at radius 2 is 2.00 bits per heavy atom. The van der Waals surface area contributed by atoms with Gasteiger partial charge in [-0.2, -0.15) is 0 Å². The van der Waals surface area contributed by atoms with E-state index in [4.69, 9.17) is 20.9 Å². The number of halogens is 1. The average Bonchev–Trinajstić information content (AvgIpc) is 3.06. The summed E-state index contributed by atoms with van der Waals surface area (Å²) in [4.78, 5) is 28.6. The first-order valence-electron chi connectivity index (χ1n) is 8.54. The van der Waals surface area contributed by atoms with Crippen LogP contribution in [-0.4, -0.2) is 66.6 Å². The van der Waals surface area contributed by atoms with Gasteiger partial charge in [-0.3, -0.25) is 14.5 Å². The van der Waals surface area contributed by atoms with Gasteiger partial charge in [-0.25, -0.2) is 0 Å². The average molecular weight is 393 g/mol. The Morgan fingerprint density at radius 1 is 1.26 bits per heavy atom. The number of rotatable bonds is 5. The predicted octanol–water partition coefficient (Wildman–Crippen LogP) is 2.04. The molecular formula is C18H21ClN4O4. The number of amides is 2. The molecular weight excluding hydrogens is 372 g/mol. The zero-order valence-electron chi connectivity index (χ0n) is 15.2. The van der Waals surface area contributed by atoms with E-state index in [1.54, 1.807) is 36.1 Å². The third-order valence-electron chi connectivity index (χ3n) is 4.31. The number of nitrogens with one attached hydrogen (secondary N) is 1. The van der Waals surface area contributed by atoms with Crippen LogP contribution in [0.3, 0.4) is 0 Å². The fourth-order valence-corrected chi connectivity index (χ4v) is 3.11. The number of benzene rings is 1. The highest BCUT2D eigenvalue weighted by Gasteiger charge is 2.25. The van der Waals surface area contributed by atoms with Gasteiger partial charge in [-0.1, -0.05) is 16.8 Å². The van der Waals surface area contributed by atoms with Crippen LogP contribution in [0.4, 0.5) is 5.82 Å². The number of methoxy groups -OCH3 is 1. The Labute approximate surface area is 162 Å². The summed E-state index contributed by atoms with van der Waals surface area (Å²) in [6, 6.07) is 6.64. The van der Waals surface area contributed by atoms with Gasteiger partial charge in [-0.05, 0) is 25.1 Å². The topological polar surface area (TPSA) is 87.9 Å². The lowest BCUT2D eigenvalue weighted by molar-refractivity contribution is -0.117. The highest BCUT2D eigenvalue weighted by molar-refractivity contribution is 6.31. The van der Waals surface area contributed by atoms with E-state index < -0.39 is 0 Å². The second-order valence-electron chi connectivity index (χ2n) is 6.28. The van der Waals surface area contributed by atoms with Gasteiger partial charge in [0.2, 0.25) is 5.91 Å². The van der Waals surface area contributed by atoms with Crippen molar-refractivity contribution in [2.24, 2.45) is 0 Å². The number of hydrogen-bond donors (Lipinski definition) is 1. The molecule has 1 saturated heterocycles. The van der Waals surface area contributed by atoms with Gasteiger partial charge in [0, 0.05) is 37.3 Å². The van der Waals surface area contributed by atoms with Crippen molar-refractivity contribution in [3.63, 3.8) is 0 Å². The first-order chi connectivity index (χ1) is 13.0. The maximum absolute atomic E-state index is 12.8.